The van der Waals surface area contributed by atoms with Gasteiger partial charge in [0.05, 0.1) is 27.9 Å². The third-order valence-electron chi connectivity index (χ3n) is 2.70. The van der Waals surface area contributed by atoms with Gasteiger partial charge in [-0.2, -0.15) is 0 Å². The summed E-state index contributed by atoms with van der Waals surface area (Å²) in [6.07, 6.45) is 2.84. The number of carbonyl (C=O) groups is 2. The molecule has 0 unspecified atom stereocenters. The van der Waals surface area contributed by atoms with E-state index in [1.807, 2.05) is 5.43 Å². The maximum Gasteiger partial charge on any atom is 0.253 e. The summed E-state index contributed by atoms with van der Waals surface area (Å²) in [7, 11) is 4.51. The minimum atomic E-state index is -0.491. The molecule has 0 aliphatic heterocycles. The van der Waals surface area contributed by atoms with Crippen LogP contribution in [0.3, 0.4) is 0 Å². The predicted octanol–water partition coefficient (Wildman–Crippen LogP) is -0.168. The number of hydrogen-bond acceptors (Lipinski definition) is 6. The normalized spacial score (nSPS) is 10.2. The van der Waals surface area contributed by atoms with E-state index in [9.17, 15) is 9.59 Å². The summed E-state index contributed by atoms with van der Waals surface area (Å²) < 4.78 is 15.6. The van der Waals surface area contributed by atoms with E-state index in [2.05, 4.69) is 5.32 Å². The highest BCUT2D eigenvalue weighted by Gasteiger charge is 2.12. The van der Waals surface area contributed by atoms with Gasteiger partial charge in [0.1, 0.15) is 0 Å². The molecule has 8 heteroatoms. The molecule has 0 atom stereocenters. The average Bonchev–Trinajstić information content (AvgIpc) is 2.56. The molecule has 0 spiro atoms. The molecule has 1 aromatic rings. The molecule has 0 heterocycles. The Morgan fingerprint density at radius 1 is 1.14 bits per heavy atom. The van der Waals surface area contributed by atoms with E-state index in [0.29, 0.717) is 22.8 Å². The van der Waals surface area contributed by atoms with Crippen molar-refractivity contribution in [3.05, 3.63) is 23.8 Å². The van der Waals surface area contributed by atoms with Gasteiger partial charge in [-0.25, -0.2) is 5.84 Å². The van der Waals surface area contributed by atoms with Crippen molar-refractivity contribution >= 4 is 17.9 Å². The molecular formula is C14H19N3O5. The van der Waals surface area contributed by atoms with Gasteiger partial charge in [0.15, 0.2) is 11.5 Å². The predicted molar refractivity (Wildman–Crippen MR) is 80.5 cm³/mol. The van der Waals surface area contributed by atoms with Gasteiger partial charge in [-0.1, -0.05) is 0 Å². The van der Waals surface area contributed by atoms with Gasteiger partial charge in [0.25, 0.3) is 5.91 Å². The molecule has 0 radical (unpaired) electrons. The van der Waals surface area contributed by atoms with Crippen LogP contribution in [0.2, 0.25) is 0 Å². The lowest BCUT2D eigenvalue weighted by molar-refractivity contribution is -0.123. The lowest BCUT2D eigenvalue weighted by atomic mass is 10.1. The van der Waals surface area contributed by atoms with Gasteiger partial charge in [-0.05, 0) is 23.8 Å². The van der Waals surface area contributed by atoms with Gasteiger partial charge >= 0.3 is 0 Å². The Kier molecular flexibility index (Phi) is 6.71. The quantitative estimate of drug-likeness (QED) is 0.279. The van der Waals surface area contributed by atoms with Crippen LogP contribution < -0.4 is 30.8 Å². The topological polar surface area (TPSA) is 112 Å². The minimum Gasteiger partial charge on any atom is -0.493 e. The first-order valence-electron chi connectivity index (χ1n) is 6.31. The number of benzene rings is 1. The molecule has 2 amide bonds. The summed E-state index contributed by atoms with van der Waals surface area (Å²) in [5, 5.41) is 2.38. The Bertz CT molecular complexity index is 547. The molecule has 120 valence electrons. The smallest absolute Gasteiger partial charge is 0.253 e. The first-order chi connectivity index (χ1) is 10.5. The van der Waals surface area contributed by atoms with Crippen molar-refractivity contribution in [2.45, 2.75) is 0 Å². The number of rotatable bonds is 7. The van der Waals surface area contributed by atoms with E-state index < -0.39 is 11.8 Å². The number of carbonyl (C=O) groups excluding carboxylic acids is 2. The maximum atomic E-state index is 11.6. The number of hydrazine groups is 1. The lowest BCUT2D eigenvalue weighted by Gasteiger charge is -2.12. The Morgan fingerprint density at radius 2 is 1.73 bits per heavy atom. The molecule has 1 rings (SSSR count). The molecular weight excluding hydrogens is 290 g/mol. The van der Waals surface area contributed by atoms with E-state index in [1.54, 1.807) is 18.2 Å². The molecule has 0 bridgehead atoms. The molecule has 0 saturated carbocycles. The summed E-state index contributed by atoms with van der Waals surface area (Å²) in [6, 6.07) is 3.38. The summed E-state index contributed by atoms with van der Waals surface area (Å²) in [5.41, 5.74) is 2.59. The third-order valence-corrected chi connectivity index (χ3v) is 2.70. The molecule has 0 aliphatic rings. The van der Waals surface area contributed by atoms with Crippen molar-refractivity contribution in [2.75, 3.05) is 27.9 Å². The molecule has 22 heavy (non-hydrogen) atoms. The van der Waals surface area contributed by atoms with Crippen LogP contribution in [-0.4, -0.2) is 39.7 Å². The first-order valence-corrected chi connectivity index (χ1v) is 6.31. The van der Waals surface area contributed by atoms with E-state index >= 15 is 0 Å². The fourth-order valence-electron chi connectivity index (χ4n) is 1.65. The van der Waals surface area contributed by atoms with Gasteiger partial charge in [0, 0.05) is 6.08 Å². The Morgan fingerprint density at radius 3 is 2.18 bits per heavy atom. The van der Waals surface area contributed by atoms with Crippen LogP contribution in [0.5, 0.6) is 17.2 Å². The fourth-order valence-corrected chi connectivity index (χ4v) is 1.65. The van der Waals surface area contributed by atoms with Gasteiger partial charge < -0.3 is 19.5 Å². The molecule has 0 saturated heterocycles. The second-order valence-electron chi connectivity index (χ2n) is 4.08. The van der Waals surface area contributed by atoms with E-state index in [-0.39, 0.29) is 6.54 Å². The number of hydrogen-bond donors (Lipinski definition) is 3. The van der Waals surface area contributed by atoms with Crippen LogP contribution in [0.25, 0.3) is 6.08 Å². The van der Waals surface area contributed by atoms with Crippen LogP contribution >= 0.6 is 0 Å². The number of nitrogens with two attached hydrogens (primary N) is 1. The van der Waals surface area contributed by atoms with E-state index in [0.717, 1.165) is 0 Å². The summed E-state index contributed by atoms with van der Waals surface area (Å²) in [4.78, 5) is 22.5. The van der Waals surface area contributed by atoms with Gasteiger partial charge in [-0.3, -0.25) is 15.0 Å². The van der Waals surface area contributed by atoms with E-state index in [4.69, 9.17) is 20.1 Å². The number of ether oxygens (including phenoxy) is 3. The van der Waals surface area contributed by atoms with Gasteiger partial charge in [-0.15, -0.1) is 0 Å². The van der Waals surface area contributed by atoms with Crippen LogP contribution in [0.15, 0.2) is 18.2 Å². The number of amides is 2. The monoisotopic (exact) mass is 309 g/mol. The summed E-state index contributed by atoms with van der Waals surface area (Å²) >= 11 is 0. The van der Waals surface area contributed by atoms with Crippen molar-refractivity contribution in [3.8, 4) is 17.2 Å². The first kappa shape index (κ1) is 17.3. The highest BCUT2D eigenvalue weighted by molar-refractivity contribution is 5.94. The summed E-state index contributed by atoms with van der Waals surface area (Å²) in [6.45, 7) is -0.199. The third kappa shape index (κ3) is 4.67. The zero-order chi connectivity index (χ0) is 16.5. The van der Waals surface area contributed by atoms with E-state index in [1.165, 1.54) is 27.4 Å². The number of nitrogens with one attached hydrogen (secondary N) is 2. The zero-order valence-corrected chi connectivity index (χ0v) is 12.6. The van der Waals surface area contributed by atoms with Crippen molar-refractivity contribution in [1.82, 2.24) is 10.7 Å². The number of methoxy groups -OCH3 is 3. The van der Waals surface area contributed by atoms with Gasteiger partial charge in [0.2, 0.25) is 11.7 Å². The Balaban J connectivity index is 2.86. The van der Waals surface area contributed by atoms with Crippen molar-refractivity contribution in [3.63, 3.8) is 0 Å². The van der Waals surface area contributed by atoms with Crippen LogP contribution in [0.4, 0.5) is 0 Å². The molecule has 8 nitrogen and oxygen atoms in total. The molecule has 4 N–H and O–H groups in total. The fraction of sp³-hybridized carbons (Fsp3) is 0.286. The highest BCUT2D eigenvalue weighted by atomic mass is 16.5. The molecule has 0 aromatic heterocycles. The molecule has 0 fully saturated rings. The van der Waals surface area contributed by atoms with Crippen molar-refractivity contribution in [1.29, 1.82) is 0 Å². The minimum absolute atomic E-state index is 0.199. The second kappa shape index (κ2) is 8.53. The molecule has 0 aliphatic carbocycles. The highest BCUT2D eigenvalue weighted by Crippen LogP contribution is 2.38. The lowest BCUT2D eigenvalue weighted by Crippen LogP contribution is -2.39. The zero-order valence-electron chi connectivity index (χ0n) is 12.6. The standard InChI is InChI=1S/C14H19N3O5/c1-20-10-6-9(7-11(21-2)14(10)22-3)4-5-12(18)16-8-13(19)17-15/h4-7H,8,15H2,1-3H3,(H,16,18)(H,17,19). The van der Waals surface area contributed by atoms with Crippen molar-refractivity contribution in [2.24, 2.45) is 5.84 Å². The molecule has 1 aromatic carbocycles. The average molecular weight is 309 g/mol. The second-order valence-corrected chi connectivity index (χ2v) is 4.08. The van der Waals surface area contributed by atoms with Crippen LogP contribution in [-0.2, 0) is 9.59 Å². The summed E-state index contributed by atoms with van der Waals surface area (Å²) in [5.74, 6) is 5.40. The van der Waals surface area contributed by atoms with Crippen LogP contribution in [0.1, 0.15) is 5.56 Å². The maximum absolute atomic E-state index is 11.6. The van der Waals surface area contributed by atoms with Crippen molar-refractivity contribution < 1.29 is 23.8 Å². The Hall–Kier alpha value is -2.74. The van der Waals surface area contributed by atoms with Crippen LogP contribution in [0, 0.1) is 0 Å². The largest absolute Gasteiger partial charge is 0.493 e. The Labute approximate surface area is 128 Å². The SMILES string of the molecule is COc1cc(C=CC(=O)NCC(=O)NN)cc(OC)c1OC.